The minimum atomic E-state index is -0.399. The molecule has 2 saturated carbocycles. The van der Waals surface area contributed by atoms with Crippen LogP contribution in [0.4, 0.5) is 0 Å². The number of rotatable bonds is 0. The van der Waals surface area contributed by atoms with Gasteiger partial charge >= 0.3 is 0 Å². The maximum atomic E-state index is 10.2. The highest BCUT2D eigenvalue weighted by Crippen LogP contribution is 2.61. The van der Waals surface area contributed by atoms with E-state index in [9.17, 15) is 10.2 Å². The molecule has 0 spiro atoms. The zero-order valence-corrected chi connectivity index (χ0v) is 13.1. The van der Waals surface area contributed by atoms with Gasteiger partial charge < -0.3 is 10.2 Å². The van der Waals surface area contributed by atoms with Crippen molar-refractivity contribution in [3.63, 3.8) is 0 Å². The zero-order valence-electron chi connectivity index (χ0n) is 13.1. The van der Waals surface area contributed by atoms with Crippen molar-refractivity contribution in [1.82, 2.24) is 0 Å². The third kappa shape index (κ3) is 1.85. The van der Waals surface area contributed by atoms with E-state index in [1.807, 2.05) is 6.08 Å². The molecule has 114 valence electrons. The third-order valence-corrected chi connectivity index (χ3v) is 6.74. The second kappa shape index (κ2) is 4.33. The van der Waals surface area contributed by atoms with Gasteiger partial charge in [0.2, 0.25) is 0 Å². The maximum absolute atomic E-state index is 10.2. The summed E-state index contributed by atoms with van der Waals surface area (Å²) in [5.41, 5.74) is 4.98. The summed E-state index contributed by atoms with van der Waals surface area (Å²) in [6.07, 6.45) is 12.2. The average molecular weight is 286 g/mol. The van der Waals surface area contributed by atoms with Crippen molar-refractivity contribution in [2.45, 2.75) is 64.6 Å². The topological polar surface area (TPSA) is 40.5 Å². The van der Waals surface area contributed by atoms with Crippen LogP contribution in [0.5, 0.6) is 0 Å². The van der Waals surface area contributed by atoms with Crippen LogP contribution in [0.15, 0.2) is 34.9 Å². The summed E-state index contributed by atoms with van der Waals surface area (Å²) in [4.78, 5) is 0. The smallest absolute Gasteiger partial charge is 0.0905 e. The lowest BCUT2D eigenvalue weighted by molar-refractivity contribution is 0.151. The van der Waals surface area contributed by atoms with Gasteiger partial charge in [-0.1, -0.05) is 48.8 Å². The number of hydrogen-bond acceptors (Lipinski definition) is 2. The molecule has 2 nitrogen and oxygen atoms in total. The zero-order chi connectivity index (χ0) is 14.8. The fourth-order valence-electron chi connectivity index (χ4n) is 5.61. The van der Waals surface area contributed by atoms with E-state index in [1.165, 1.54) is 18.4 Å². The van der Waals surface area contributed by atoms with Gasteiger partial charge in [-0.3, -0.25) is 0 Å². The number of aliphatic hydroxyl groups excluding tert-OH is 2. The van der Waals surface area contributed by atoms with Gasteiger partial charge in [0.1, 0.15) is 0 Å². The second-order valence-corrected chi connectivity index (χ2v) is 8.04. The van der Waals surface area contributed by atoms with Crippen LogP contribution >= 0.6 is 0 Å². The van der Waals surface area contributed by atoms with E-state index in [1.54, 1.807) is 11.1 Å². The lowest BCUT2D eigenvalue weighted by Crippen LogP contribution is -2.40. The van der Waals surface area contributed by atoms with E-state index >= 15 is 0 Å². The Morgan fingerprint density at radius 2 is 2.00 bits per heavy atom. The van der Waals surface area contributed by atoms with Gasteiger partial charge in [0.15, 0.2) is 0 Å². The number of hydrogen-bond donors (Lipinski definition) is 2. The molecule has 2 fully saturated rings. The molecule has 0 aromatic carbocycles. The summed E-state index contributed by atoms with van der Waals surface area (Å²) >= 11 is 0. The molecule has 4 rings (SSSR count). The predicted molar refractivity (Wildman–Crippen MR) is 83.7 cm³/mol. The van der Waals surface area contributed by atoms with Crippen molar-refractivity contribution in [2.24, 2.45) is 16.7 Å². The minimum absolute atomic E-state index is 0.0920. The summed E-state index contributed by atoms with van der Waals surface area (Å²) in [7, 11) is 0. The van der Waals surface area contributed by atoms with Gasteiger partial charge in [-0.25, -0.2) is 0 Å². The molecular weight excluding hydrogens is 260 g/mol. The van der Waals surface area contributed by atoms with Crippen LogP contribution < -0.4 is 0 Å². The van der Waals surface area contributed by atoms with Crippen LogP contribution in [0.1, 0.15) is 52.4 Å². The monoisotopic (exact) mass is 286 g/mol. The number of aliphatic hydroxyl groups is 2. The summed E-state index contributed by atoms with van der Waals surface area (Å²) < 4.78 is 0. The molecule has 2 N–H and O–H groups in total. The van der Waals surface area contributed by atoms with Crippen molar-refractivity contribution in [3.8, 4) is 0 Å². The van der Waals surface area contributed by atoms with Gasteiger partial charge in [-0.15, -0.1) is 0 Å². The van der Waals surface area contributed by atoms with Crippen LogP contribution in [0.2, 0.25) is 0 Å². The van der Waals surface area contributed by atoms with E-state index in [0.717, 1.165) is 25.7 Å². The van der Waals surface area contributed by atoms with Gasteiger partial charge in [0, 0.05) is 5.41 Å². The Kier molecular flexibility index (Phi) is 2.84. The summed E-state index contributed by atoms with van der Waals surface area (Å²) in [5, 5.41) is 20.0. The molecule has 5 atom stereocenters. The molecule has 0 aromatic rings. The molecule has 0 amide bonds. The largest absolute Gasteiger partial charge is 0.393 e. The Morgan fingerprint density at radius 3 is 2.81 bits per heavy atom. The second-order valence-electron chi connectivity index (χ2n) is 8.04. The molecule has 21 heavy (non-hydrogen) atoms. The molecule has 0 heterocycles. The number of fused-ring (bicyclic) bond motifs is 4. The van der Waals surface area contributed by atoms with Crippen LogP contribution in [0, 0.1) is 16.7 Å². The Labute approximate surface area is 127 Å². The maximum Gasteiger partial charge on any atom is 0.0905 e. The van der Waals surface area contributed by atoms with Crippen LogP contribution in [-0.4, -0.2) is 22.4 Å². The van der Waals surface area contributed by atoms with Crippen LogP contribution in [0.25, 0.3) is 0 Å². The Bertz CT molecular complexity index is 570. The fourth-order valence-corrected chi connectivity index (χ4v) is 5.61. The van der Waals surface area contributed by atoms with Gasteiger partial charge in [-0.2, -0.15) is 0 Å². The normalized spacial score (nSPS) is 48.6. The van der Waals surface area contributed by atoms with E-state index in [-0.39, 0.29) is 16.9 Å². The Balaban J connectivity index is 1.80. The molecule has 0 aromatic heterocycles. The summed E-state index contributed by atoms with van der Waals surface area (Å²) in [6.45, 7) is 4.70. The van der Waals surface area contributed by atoms with Crippen molar-refractivity contribution in [1.29, 1.82) is 0 Å². The van der Waals surface area contributed by atoms with E-state index < -0.39 is 6.10 Å². The average Bonchev–Trinajstić information content (AvgIpc) is 2.74. The van der Waals surface area contributed by atoms with Gasteiger partial charge in [0.05, 0.1) is 12.2 Å². The first-order valence-corrected chi connectivity index (χ1v) is 8.41. The molecule has 0 radical (unpaired) electrons. The third-order valence-electron chi connectivity index (χ3n) is 6.74. The molecule has 4 aliphatic rings. The van der Waals surface area contributed by atoms with Crippen molar-refractivity contribution >= 4 is 0 Å². The molecule has 0 saturated heterocycles. The lowest BCUT2D eigenvalue weighted by Gasteiger charge is -2.50. The SMILES string of the molecule is C[C@@]12CCC3C(=C1C[C@@H](O)C2)CCC1=CC(O)C=C[C@@]13C. The van der Waals surface area contributed by atoms with E-state index in [0.29, 0.717) is 5.92 Å². The minimum Gasteiger partial charge on any atom is -0.393 e. The Morgan fingerprint density at radius 1 is 1.19 bits per heavy atom. The highest BCUT2D eigenvalue weighted by atomic mass is 16.3. The van der Waals surface area contributed by atoms with Crippen molar-refractivity contribution in [2.75, 3.05) is 0 Å². The standard InChI is InChI=1S/C19H26O2/c1-18-7-6-16-15(17(18)10-14(21)11-18)4-3-12-9-13(20)5-8-19(12,16)2/h5,8-9,13-14,16,20-21H,3-4,6-7,10-11H2,1-2H3/t13?,14-,16?,18+,19+/m1/s1. The van der Waals surface area contributed by atoms with Crippen molar-refractivity contribution in [3.05, 3.63) is 34.9 Å². The van der Waals surface area contributed by atoms with E-state index in [2.05, 4.69) is 26.0 Å². The lowest BCUT2D eigenvalue weighted by atomic mass is 9.54. The van der Waals surface area contributed by atoms with Crippen LogP contribution in [0.3, 0.4) is 0 Å². The quantitative estimate of drug-likeness (QED) is 0.669. The fraction of sp³-hybridized carbons (Fsp3) is 0.684. The molecule has 0 bridgehead atoms. The molecule has 2 unspecified atom stereocenters. The highest BCUT2D eigenvalue weighted by molar-refractivity contribution is 5.43. The first-order chi connectivity index (χ1) is 9.92. The van der Waals surface area contributed by atoms with E-state index in [4.69, 9.17) is 0 Å². The first kappa shape index (κ1) is 13.8. The predicted octanol–water partition coefficient (Wildman–Crippen LogP) is 3.51. The molecule has 2 heteroatoms. The summed E-state index contributed by atoms with van der Waals surface area (Å²) in [6, 6.07) is 0. The molecular formula is C19H26O2. The van der Waals surface area contributed by atoms with Crippen molar-refractivity contribution < 1.29 is 10.2 Å². The van der Waals surface area contributed by atoms with Crippen LogP contribution in [-0.2, 0) is 0 Å². The molecule has 4 aliphatic carbocycles. The Hall–Kier alpha value is -0.860. The van der Waals surface area contributed by atoms with Gasteiger partial charge in [-0.05, 0) is 49.9 Å². The summed E-state index contributed by atoms with van der Waals surface area (Å²) in [5.74, 6) is 0.578. The van der Waals surface area contributed by atoms with Gasteiger partial charge in [0.25, 0.3) is 0 Å². The first-order valence-electron chi connectivity index (χ1n) is 8.41. The molecule has 0 aliphatic heterocycles. The number of allylic oxidation sites excluding steroid dienone is 3. The highest BCUT2D eigenvalue weighted by Gasteiger charge is 2.50.